The Morgan fingerprint density at radius 1 is 1.47 bits per heavy atom. The van der Waals surface area contributed by atoms with Crippen molar-refractivity contribution in [3.63, 3.8) is 0 Å². The molecule has 6 heteroatoms. The molecule has 2 atom stereocenters. The van der Waals surface area contributed by atoms with Crippen molar-refractivity contribution in [1.29, 1.82) is 0 Å². The van der Waals surface area contributed by atoms with Crippen LogP contribution >= 0.6 is 11.8 Å². The Balaban J connectivity index is 2.33. The summed E-state index contributed by atoms with van der Waals surface area (Å²) in [6.45, 7) is 7.54. The van der Waals surface area contributed by atoms with Gasteiger partial charge in [-0.1, -0.05) is 6.92 Å². The number of hydrogen-bond donors (Lipinski definition) is 2. The molecule has 0 spiro atoms. The topological polar surface area (TPSA) is 67.1 Å². The van der Waals surface area contributed by atoms with E-state index >= 15 is 0 Å². The molecule has 2 rings (SSSR count). The lowest BCUT2D eigenvalue weighted by molar-refractivity contribution is 0.618. The van der Waals surface area contributed by atoms with Gasteiger partial charge in [-0.15, -0.1) is 0 Å². The third kappa shape index (κ3) is 2.32. The summed E-state index contributed by atoms with van der Waals surface area (Å²) in [7, 11) is 0. The molecule has 0 saturated carbocycles. The average Bonchev–Trinajstić information content (AvgIpc) is 2.33. The van der Waals surface area contributed by atoms with Gasteiger partial charge in [-0.05, 0) is 13.8 Å². The number of nitrogens with two attached hydrogens (primary N) is 1. The van der Waals surface area contributed by atoms with E-state index in [4.69, 9.17) is 5.84 Å². The molecule has 1 aliphatic heterocycles. The monoisotopic (exact) mass is 253 g/mol. The highest BCUT2D eigenvalue weighted by Crippen LogP contribution is 2.30. The van der Waals surface area contributed by atoms with Crippen LogP contribution in [-0.4, -0.2) is 33.6 Å². The fraction of sp³-hybridized carbons (Fsp3) is 0.636. The van der Waals surface area contributed by atoms with Crippen molar-refractivity contribution in [2.45, 2.75) is 32.1 Å². The highest BCUT2D eigenvalue weighted by molar-refractivity contribution is 8.00. The van der Waals surface area contributed by atoms with Crippen LogP contribution in [0.1, 0.15) is 19.4 Å². The largest absolute Gasteiger partial charge is 0.352 e. The van der Waals surface area contributed by atoms with Gasteiger partial charge in [-0.2, -0.15) is 11.8 Å². The maximum absolute atomic E-state index is 5.45. The van der Waals surface area contributed by atoms with Crippen LogP contribution in [0.3, 0.4) is 0 Å². The third-order valence-electron chi connectivity index (χ3n) is 3.35. The first kappa shape index (κ1) is 12.4. The molecule has 17 heavy (non-hydrogen) atoms. The fourth-order valence-electron chi connectivity index (χ4n) is 2.11. The predicted octanol–water partition coefficient (Wildman–Crippen LogP) is 1.40. The lowest BCUT2D eigenvalue weighted by atomic mass is 10.2. The summed E-state index contributed by atoms with van der Waals surface area (Å²) < 4.78 is 0. The fourth-order valence-corrected chi connectivity index (χ4v) is 3.21. The van der Waals surface area contributed by atoms with Gasteiger partial charge in [0.2, 0.25) is 0 Å². The SMILES string of the molecule is Cc1c(NN)ncnc1N1CCSC(C)C1C. The van der Waals surface area contributed by atoms with Crippen LogP contribution in [-0.2, 0) is 0 Å². The van der Waals surface area contributed by atoms with Gasteiger partial charge in [0.05, 0.1) is 0 Å². The van der Waals surface area contributed by atoms with Crippen molar-refractivity contribution < 1.29 is 0 Å². The van der Waals surface area contributed by atoms with Crippen molar-refractivity contribution >= 4 is 23.4 Å². The van der Waals surface area contributed by atoms with Crippen LogP contribution in [0.25, 0.3) is 0 Å². The molecule has 5 nitrogen and oxygen atoms in total. The smallest absolute Gasteiger partial charge is 0.148 e. The molecule has 1 fully saturated rings. The number of thioether (sulfide) groups is 1. The van der Waals surface area contributed by atoms with Crippen molar-refractivity contribution in [1.82, 2.24) is 9.97 Å². The van der Waals surface area contributed by atoms with E-state index < -0.39 is 0 Å². The Kier molecular flexibility index (Phi) is 3.73. The molecular formula is C11H19N5S. The summed E-state index contributed by atoms with van der Waals surface area (Å²) >= 11 is 2.02. The normalized spacial score (nSPS) is 24.8. The highest BCUT2D eigenvalue weighted by Gasteiger charge is 2.27. The minimum Gasteiger partial charge on any atom is -0.352 e. The highest BCUT2D eigenvalue weighted by atomic mass is 32.2. The molecule has 2 unspecified atom stereocenters. The maximum Gasteiger partial charge on any atom is 0.148 e. The summed E-state index contributed by atoms with van der Waals surface area (Å²) in [4.78, 5) is 10.9. The van der Waals surface area contributed by atoms with E-state index in [1.54, 1.807) is 6.33 Å². The molecule has 1 aromatic rings. The number of anilines is 2. The second-order valence-electron chi connectivity index (χ2n) is 4.33. The van der Waals surface area contributed by atoms with Crippen molar-refractivity contribution in [3.8, 4) is 0 Å². The summed E-state index contributed by atoms with van der Waals surface area (Å²) in [6, 6.07) is 0.480. The maximum atomic E-state index is 5.45. The lowest BCUT2D eigenvalue weighted by Crippen LogP contribution is -2.45. The first-order chi connectivity index (χ1) is 8.15. The quantitative estimate of drug-likeness (QED) is 0.613. The Morgan fingerprint density at radius 3 is 2.94 bits per heavy atom. The van der Waals surface area contributed by atoms with Crippen LogP contribution in [0.2, 0.25) is 0 Å². The van der Waals surface area contributed by atoms with Gasteiger partial charge < -0.3 is 10.3 Å². The van der Waals surface area contributed by atoms with Crippen LogP contribution in [0.5, 0.6) is 0 Å². The molecule has 0 bridgehead atoms. The van der Waals surface area contributed by atoms with Crippen LogP contribution < -0.4 is 16.2 Å². The molecular weight excluding hydrogens is 234 g/mol. The minimum absolute atomic E-state index is 0.480. The molecule has 1 aliphatic rings. The number of rotatable bonds is 2. The summed E-state index contributed by atoms with van der Waals surface area (Å²) in [5.74, 6) is 8.28. The Morgan fingerprint density at radius 2 is 2.24 bits per heavy atom. The lowest BCUT2D eigenvalue weighted by Gasteiger charge is -2.39. The van der Waals surface area contributed by atoms with Crippen LogP contribution in [0.15, 0.2) is 6.33 Å². The minimum atomic E-state index is 0.480. The molecule has 0 amide bonds. The number of hydrogen-bond acceptors (Lipinski definition) is 6. The standard InChI is InChI=1S/C11H19N5S/c1-7-10(15-12)13-6-14-11(7)16-4-5-17-9(3)8(16)2/h6,8-9H,4-5,12H2,1-3H3,(H,13,14,15). The third-order valence-corrected chi connectivity index (χ3v) is 4.69. The zero-order valence-corrected chi connectivity index (χ0v) is 11.3. The zero-order valence-electron chi connectivity index (χ0n) is 10.5. The van der Waals surface area contributed by atoms with Crippen molar-refractivity contribution in [2.75, 3.05) is 22.6 Å². The second kappa shape index (κ2) is 5.10. The van der Waals surface area contributed by atoms with Gasteiger partial charge in [0, 0.05) is 29.2 Å². The van der Waals surface area contributed by atoms with Crippen LogP contribution in [0.4, 0.5) is 11.6 Å². The Labute approximate surface area is 106 Å². The molecule has 94 valence electrons. The molecule has 0 radical (unpaired) electrons. The van der Waals surface area contributed by atoms with E-state index in [-0.39, 0.29) is 0 Å². The molecule has 1 saturated heterocycles. The number of nitrogen functional groups attached to an aromatic ring is 1. The van der Waals surface area contributed by atoms with Gasteiger partial charge in [0.15, 0.2) is 0 Å². The molecule has 2 heterocycles. The molecule has 0 aliphatic carbocycles. The summed E-state index contributed by atoms with van der Waals surface area (Å²) in [5, 5.41) is 0.618. The van der Waals surface area contributed by atoms with Crippen molar-refractivity contribution in [2.24, 2.45) is 5.84 Å². The van der Waals surface area contributed by atoms with Gasteiger partial charge in [-0.25, -0.2) is 15.8 Å². The number of nitrogens with one attached hydrogen (secondary N) is 1. The van der Waals surface area contributed by atoms with Gasteiger partial charge in [0.25, 0.3) is 0 Å². The first-order valence-electron chi connectivity index (χ1n) is 5.81. The van der Waals surface area contributed by atoms with Gasteiger partial charge in [-0.3, -0.25) is 0 Å². The molecule has 0 aromatic carbocycles. The second-order valence-corrected chi connectivity index (χ2v) is 5.81. The van der Waals surface area contributed by atoms with Gasteiger partial charge in [0.1, 0.15) is 18.0 Å². The molecule has 3 N–H and O–H groups in total. The van der Waals surface area contributed by atoms with Crippen molar-refractivity contribution in [3.05, 3.63) is 11.9 Å². The summed E-state index contributed by atoms with van der Waals surface area (Å²) in [6.07, 6.45) is 1.57. The van der Waals surface area contributed by atoms with Gasteiger partial charge >= 0.3 is 0 Å². The van der Waals surface area contributed by atoms with E-state index in [0.717, 1.165) is 23.7 Å². The van der Waals surface area contributed by atoms with E-state index in [1.165, 1.54) is 0 Å². The van der Waals surface area contributed by atoms with E-state index in [2.05, 4.69) is 34.1 Å². The first-order valence-corrected chi connectivity index (χ1v) is 6.86. The predicted molar refractivity (Wildman–Crippen MR) is 73.3 cm³/mol. The van der Waals surface area contributed by atoms with Crippen LogP contribution in [0, 0.1) is 6.92 Å². The number of hydrazine groups is 1. The Bertz CT molecular complexity index is 397. The van der Waals surface area contributed by atoms with E-state index in [0.29, 0.717) is 17.1 Å². The molecule has 1 aromatic heterocycles. The average molecular weight is 253 g/mol. The Hall–Kier alpha value is -1.01. The van der Waals surface area contributed by atoms with E-state index in [9.17, 15) is 0 Å². The van der Waals surface area contributed by atoms with E-state index in [1.807, 2.05) is 18.7 Å². The zero-order chi connectivity index (χ0) is 12.4. The number of nitrogens with zero attached hydrogens (tertiary/aromatic N) is 3. The number of aromatic nitrogens is 2. The summed E-state index contributed by atoms with van der Waals surface area (Å²) in [5.41, 5.74) is 3.63.